The maximum Gasteiger partial charge on any atom is 0.0553 e. The van der Waals surface area contributed by atoms with Crippen molar-refractivity contribution in [3.63, 3.8) is 0 Å². The number of benzene rings is 1. The molecule has 0 radical (unpaired) electrons. The molecular weight excluding hydrogens is 200 g/mol. The second-order valence-electron chi connectivity index (χ2n) is 5.03. The van der Waals surface area contributed by atoms with Crippen molar-refractivity contribution in [3.8, 4) is 0 Å². The summed E-state index contributed by atoms with van der Waals surface area (Å²) in [5.74, 6) is 0. The van der Waals surface area contributed by atoms with Crippen LogP contribution in [-0.4, -0.2) is 24.9 Å². The van der Waals surface area contributed by atoms with Gasteiger partial charge in [0.25, 0.3) is 0 Å². The van der Waals surface area contributed by atoms with Crippen LogP contribution in [-0.2, 0) is 16.6 Å². The molecule has 1 unspecified atom stereocenters. The molecule has 16 heavy (non-hydrogen) atoms. The maximum atomic E-state index is 9.49. The van der Waals surface area contributed by atoms with Crippen LogP contribution in [0.3, 0.4) is 0 Å². The van der Waals surface area contributed by atoms with Gasteiger partial charge < -0.3 is 9.84 Å². The first kappa shape index (κ1) is 13.2. The molecule has 0 fully saturated rings. The number of hydrogen-bond acceptors (Lipinski definition) is 2. The van der Waals surface area contributed by atoms with E-state index in [-0.39, 0.29) is 11.5 Å². The van der Waals surface area contributed by atoms with Crippen molar-refractivity contribution in [2.24, 2.45) is 0 Å². The third kappa shape index (κ3) is 3.32. The van der Waals surface area contributed by atoms with Gasteiger partial charge in [0.2, 0.25) is 0 Å². The van der Waals surface area contributed by atoms with Crippen molar-refractivity contribution in [2.45, 2.75) is 38.7 Å². The summed E-state index contributed by atoms with van der Waals surface area (Å²) in [4.78, 5) is 0. The molecule has 0 aromatic heterocycles. The first-order chi connectivity index (χ1) is 7.47. The Morgan fingerprint density at radius 2 is 1.94 bits per heavy atom. The largest absolute Gasteiger partial charge is 0.393 e. The van der Waals surface area contributed by atoms with Crippen LogP contribution < -0.4 is 0 Å². The molecule has 1 atom stereocenters. The lowest BCUT2D eigenvalue weighted by atomic mass is 9.81. The lowest BCUT2D eigenvalue weighted by molar-refractivity contribution is 0.145. The topological polar surface area (TPSA) is 29.5 Å². The molecule has 0 saturated heterocycles. The Kier molecular flexibility index (Phi) is 4.51. The zero-order valence-corrected chi connectivity index (χ0v) is 10.7. The lowest BCUT2D eigenvalue weighted by Crippen LogP contribution is -2.26. The Morgan fingerprint density at radius 1 is 1.31 bits per heavy atom. The van der Waals surface area contributed by atoms with Gasteiger partial charge in [0.05, 0.1) is 12.7 Å². The molecule has 0 spiro atoms. The zero-order chi connectivity index (χ0) is 12.2. The molecule has 2 heteroatoms. The number of aliphatic hydroxyl groups is 1. The number of aliphatic hydroxyl groups excluding tert-OH is 1. The second-order valence-corrected chi connectivity index (χ2v) is 5.03. The first-order valence-corrected chi connectivity index (χ1v) is 5.73. The average molecular weight is 222 g/mol. The van der Waals surface area contributed by atoms with Gasteiger partial charge in [-0.3, -0.25) is 0 Å². The van der Waals surface area contributed by atoms with Crippen LogP contribution in [0.4, 0.5) is 0 Å². The van der Waals surface area contributed by atoms with Gasteiger partial charge in [0.1, 0.15) is 0 Å². The summed E-state index contributed by atoms with van der Waals surface area (Å²) in [6.45, 7) is 6.83. The van der Waals surface area contributed by atoms with Crippen LogP contribution in [0.5, 0.6) is 0 Å². The summed E-state index contributed by atoms with van der Waals surface area (Å²) in [6.07, 6.45) is 0.392. The minimum Gasteiger partial charge on any atom is -0.393 e. The van der Waals surface area contributed by atoms with Crippen molar-refractivity contribution < 1.29 is 9.84 Å². The molecule has 2 nitrogen and oxygen atoms in total. The van der Waals surface area contributed by atoms with Crippen molar-refractivity contribution in [1.82, 2.24) is 0 Å². The first-order valence-electron chi connectivity index (χ1n) is 5.73. The zero-order valence-electron chi connectivity index (χ0n) is 10.7. The highest BCUT2D eigenvalue weighted by Gasteiger charge is 2.23. The SMILES string of the molecule is COCC(C)(C)c1ccccc1CC(C)O. The molecule has 0 saturated carbocycles. The van der Waals surface area contributed by atoms with Crippen molar-refractivity contribution in [3.05, 3.63) is 35.4 Å². The average Bonchev–Trinajstić information content (AvgIpc) is 2.17. The Morgan fingerprint density at radius 3 is 2.50 bits per heavy atom. The summed E-state index contributed by atoms with van der Waals surface area (Å²) in [6, 6.07) is 8.26. The Labute approximate surface area is 98.3 Å². The van der Waals surface area contributed by atoms with Crippen LogP contribution in [0, 0.1) is 0 Å². The molecule has 1 rings (SSSR count). The summed E-state index contributed by atoms with van der Waals surface area (Å²) < 4.78 is 5.26. The van der Waals surface area contributed by atoms with E-state index < -0.39 is 0 Å². The Bertz CT molecular complexity index is 329. The highest BCUT2D eigenvalue weighted by molar-refractivity contribution is 5.34. The smallest absolute Gasteiger partial charge is 0.0553 e. The molecule has 0 aliphatic heterocycles. The molecule has 0 bridgehead atoms. The Balaban J connectivity index is 3.02. The summed E-state index contributed by atoms with van der Waals surface area (Å²) in [5.41, 5.74) is 2.46. The van der Waals surface area contributed by atoms with E-state index in [1.54, 1.807) is 7.11 Å². The van der Waals surface area contributed by atoms with Gasteiger partial charge in [-0.15, -0.1) is 0 Å². The van der Waals surface area contributed by atoms with Gasteiger partial charge in [0.15, 0.2) is 0 Å². The fourth-order valence-electron chi connectivity index (χ4n) is 2.12. The van der Waals surface area contributed by atoms with Gasteiger partial charge in [-0.2, -0.15) is 0 Å². The molecular formula is C14H22O2. The molecule has 90 valence electrons. The van der Waals surface area contributed by atoms with E-state index in [1.165, 1.54) is 11.1 Å². The Hall–Kier alpha value is -0.860. The van der Waals surface area contributed by atoms with Gasteiger partial charge in [0, 0.05) is 12.5 Å². The molecule has 0 aliphatic rings. The molecule has 1 N–H and O–H groups in total. The van der Waals surface area contributed by atoms with E-state index in [1.807, 2.05) is 19.1 Å². The van der Waals surface area contributed by atoms with E-state index in [4.69, 9.17) is 4.74 Å². The van der Waals surface area contributed by atoms with Crippen LogP contribution in [0.2, 0.25) is 0 Å². The summed E-state index contributed by atoms with van der Waals surface area (Å²) >= 11 is 0. The maximum absolute atomic E-state index is 9.49. The van der Waals surface area contributed by atoms with Crippen molar-refractivity contribution >= 4 is 0 Å². The molecule has 0 amide bonds. The van der Waals surface area contributed by atoms with Crippen molar-refractivity contribution in [1.29, 1.82) is 0 Å². The monoisotopic (exact) mass is 222 g/mol. The van der Waals surface area contributed by atoms with E-state index in [0.29, 0.717) is 13.0 Å². The van der Waals surface area contributed by atoms with Gasteiger partial charge in [-0.25, -0.2) is 0 Å². The third-order valence-corrected chi connectivity index (χ3v) is 2.77. The number of methoxy groups -OCH3 is 1. The van der Waals surface area contributed by atoms with Crippen LogP contribution in [0.15, 0.2) is 24.3 Å². The molecule has 0 aliphatic carbocycles. The minimum atomic E-state index is -0.306. The highest BCUT2D eigenvalue weighted by atomic mass is 16.5. The second kappa shape index (κ2) is 5.46. The highest BCUT2D eigenvalue weighted by Crippen LogP contribution is 2.27. The predicted molar refractivity (Wildman–Crippen MR) is 66.7 cm³/mol. The number of hydrogen-bond donors (Lipinski definition) is 1. The third-order valence-electron chi connectivity index (χ3n) is 2.77. The van der Waals surface area contributed by atoms with Crippen LogP contribution in [0.25, 0.3) is 0 Å². The minimum absolute atomic E-state index is 0.0137. The summed E-state index contributed by atoms with van der Waals surface area (Å²) in [7, 11) is 1.72. The van der Waals surface area contributed by atoms with Gasteiger partial charge in [-0.1, -0.05) is 38.1 Å². The number of rotatable bonds is 5. The summed E-state index contributed by atoms with van der Waals surface area (Å²) in [5, 5.41) is 9.49. The normalized spacial score (nSPS) is 13.8. The van der Waals surface area contributed by atoms with E-state index in [0.717, 1.165) is 0 Å². The van der Waals surface area contributed by atoms with Crippen LogP contribution in [0.1, 0.15) is 31.9 Å². The number of ether oxygens (including phenoxy) is 1. The lowest BCUT2D eigenvalue weighted by Gasteiger charge is -2.27. The molecule has 0 heterocycles. The fraction of sp³-hybridized carbons (Fsp3) is 0.571. The molecule has 1 aromatic rings. The van der Waals surface area contributed by atoms with Crippen molar-refractivity contribution in [2.75, 3.05) is 13.7 Å². The van der Waals surface area contributed by atoms with E-state index >= 15 is 0 Å². The predicted octanol–water partition coefficient (Wildman–Crippen LogP) is 2.53. The fourth-order valence-corrected chi connectivity index (χ4v) is 2.12. The van der Waals surface area contributed by atoms with E-state index in [2.05, 4.69) is 26.0 Å². The quantitative estimate of drug-likeness (QED) is 0.829. The standard InChI is InChI=1S/C14H22O2/c1-11(15)9-12-7-5-6-8-13(12)14(2,3)10-16-4/h5-8,11,15H,9-10H2,1-4H3. The van der Waals surface area contributed by atoms with E-state index in [9.17, 15) is 5.11 Å². The van der Waals surface area contributed by atoms with Gasteiger partial charge >= 0.3 is 0 Å². The molecule has 1 aromatic carbocycles. The van der Waals surface area contributed by atoms with Gasteiger partial charge in [-0.05, 0) is 24.5 Å². The van der Waals surface area contributed by atoms with Crippen LogP contribution >= 0.6 is 0 Å².